The van der Waals surface area contributed by atoms with Gasteiger partial charge >= 0.3 is 6.03 Å². The second-order valence-electron chi connectivity index (χ2n) is 5.60. The molecule has 0 bridgehead atoms. The maximum absolute atomic E-state index is 12.3. The van der Waals surface area contributed by atoms with E-state index in [1.165, 1.54) is 12.8 Å². The molecule has 1 fully saturated rings. The molecule has 2 amide bonds. The average molecular weight is 328 g/mol. The molecule has 0 saturated heterocycles. The van der Waals surface area contributed by atoms with Crippen LogP contribution in [0, 0.1) is 6.92 Å². The summed E-state index contributed by atoms with van der Waals surface area (Å²) >= 11 is 3.65. The third kappa shape index (κ3) is 5.18. The van der Waals surface area contributed by atoms with Crippen molar-refractivity contribution in [1.82, 2.24) is 15.2 Å². The minimum absolute atomic E-state index is 0.0211. The molecule has 1 heterocycles. The second-order valence-corrected chi connectivity index (χ2v) is 8.24. The number of aryl methyl sites for hydroxylation is 1. The Morgan fingerprint density at radius 1 is 1.57 bits per heavy atom. The first-order valence-electron chi connectivity index (χ1n) is 7.62. The van der Waals surface area contributed by atoms with Gasteiger partial charge in [-0.25, -0.2) is 9.78 Å². The number of amides is 2. The fraction of sp³-hybridized carbons (Fsp3) is 0.733. The van der Waals surface area contributed by atoms with Crippen LogP contribution in [0.2, 0.25) is 0 Å². The van der Waals surface area contributed by atoms with E-state index >= 15 is 0 Å². The summed E-state index contributed by atoms with van der Waals surface area (Å²) in [5.74, 6) is 1.16. The van der Waals surface area contributed by atoms with E-state index in [0.717, 1.165) is 29.3 Å². The van der Waals surface area contributed by atoms with Crippen LogP contribution in [0.4, 0.5) is 4.79 Å². The molecule has 1 aromatic rings. The minimum Gasteiger partial charge on any atom is -0.335 e. The summed E-state index contributed by atoms with van der Waals surface area (Å²) in [7, 11) is 1.84. The molecular weight excluding hydrogens is 302 g/mol. The van der Waals surface area contributed by atoms with Crippen LogP contribution in [0.5, 0.6) is 0 Å². The molecule has 118 valence electrons. The summed E-state index contributed by atoms with van der Waals surface area (Å²) in [5, 5.41) is 6.96. The third-order valence-electron chi connectivity index (χ3n) is 3.77. The number of carbonyl (C=O) groups is 1. The number of hydrogen-bond acceptors (Lipinski definition) is 4. The lowest BCUT2D eigenvalue weighted by Gasteiger charge is -2.30. The monoisotopic (exact) mass is 327 g/mol. The Balaban J connectivity index is 1.80. The van der Waals surface area contributed by atoms with Gasteiger partial charge in [0.25, 0.3) is 0 Å². The lowest BCUT2D eigenvalue weighted by atomic mass is 9.95. The van der Waals surface area contributed by atoms with Gasteiger partial charge in [0.1, 0.15) is 0 Å². The van der Waals surface area contributed by atoms with Crippen LogP contribution >= 0.6 is 23.1 Å². The molecule has 0 spiro atoms. The fourth-order valence-electron chi connectivity index (χ4n) is 2.74. The highest BCUT2D eigenvalue weighted by atomic mass is 32.2. The van der Waals surface area contributed by atoms with Gasteiger partial charge in [0.2, 0.25) is 0 Å². The first kappa shape index (κ1) is 16.6. The van der Waals surface area contributed by atoms with Crippen molar-refractivity contribution in [2.24, 2.45) is 0 Å². The summed E-state index contributed by atoms with van der Waals surface area (Å²) in [6, 6.07) is 0.350. The maximum Gasteiger partial charge on any atom is 0.317 e. The molecule has 1 aliphatic carbocycles. The summed E-state index contributed by atoms with van der Waals surface area (Å²) < 4.78 is 0. The van der Waals surface area contributed by atoms with Crippen LogP contribution in [0.3, 0.4) is 0 Å². The highest BCUT2D eigenvalue weighted by Crippen LogP contribution is 2.28. The van der Waals surface area contributed by atoms with E-state index in [0.29, 0.717) is 17.8 Å². The number of thioether (sulfide) groups is 1. The van der Waals surface area contributed by atoms with Gasteiger partial charge in [0.15, 0.2) is 0 Å². The quantitative estimate of drug-likeness (QED) is 0.898. The Bertz CT molecular complexity index is 462. The summed E-state index contributed by atoms with van der Waals surface area (Å²) in [4.78, 5) is 18.4. The second kappa shape index (κ2) is 8.03. The van der Waals surface area contributed by atoms with Crippen molar-refractivity contribution in [3.63, 3.8) is 0 Å². The van der Waals surface area contributed by atoms with Crippen molar-refractivity contribution in [2.75, 3.05) is 12.8 Å². The van der Waals surface area contributed by atoms with Crippen LogP contribution in [0.1, 0.15) is 43.3 Å². The molecule has 0 aliphatic heterocycles. The zero-order chi connectivity index (χ0) is 15.2. The zero-order valence-electron chi connectivity index (χ0n) is 13.1. The Hall–Kier alpha value is -0.750. The first-order valence-corrected chi connectivity index (χ1v) is 9.55. The molecule has 0 unspecified atom stereocenters. The van der Waals surface area contributed by atoms with E-state index in [2.05, 4.69) is 17.2 Å². The number of thiazole rings is 1. The molecule has 1 N–H and O–H groups in total. The molecule has 6 heteroatoms. The summed E-state index contributed by atoms with van der Waals surface area (Å²) in [6.07, 6.45) is 4.72. The topological polar surface area (TPSA) is 45.2 Å². The highest BCUT2D eigenvalue weighted by molar-refractivity contribution is 7.99. The van der Waals surface area contributed by atoms with Gasteiger partial charge in [0.05, 0.1) is 17.2 Å². The van der Waals surface area contributed by atoms with E-state index in [1.807, 2.05) is 31.1 Å². The predicted molar refractivity (Wildman–Crippen MR) is 91.0 cm³/mol. The Labute approximate surface area is 135 Å². The molecule has 4 nitrogen and oxygen atoms in total. The van der Waals surface area contributed by atoms with Crippen molar-refractivity contribution in [3.05, 3.63) is 16.1 Å². The lowest BCUT2D eigenvalue weighted by Crippen LogP contribution is -2.45. The number of carbonyl (C=O) groups excluding carboxylic acids is 1. The normalized spacial score (nSPS) is 22.0. The summed E-state index contributed by atoms with van der Waals surface area (Å²) in [6.45, 7) is 4.77. The van der Waals surface area contributed by atoms with Gasteiger partial charge in [-0.1, -0.05) is 13.3 Å². The molecule has 2 atom stereocenters. The predicted octanol–water partition coefficient (Wildman–Crippen LogP) is 3.66. The minimum atomic E-state index is 0.0211. The van der Waals surface area contributed by atoms with Crippen LogP contribution in [-0.4, -0.2) is 40.0 Å². The number of rotatable bonds is 5. The van der Waals surface area contributed by atoms with Gasteiger partial charge in [-0.3, -0.25) is 0 Å². The molecule has 1 saturated carbocycles. The SMILES string of the molecule is CCS[C@@H]1CCC[C@H](NC(=O)N(C)Cc2csc(C)n2)C1. The first-order chi connectivity index (χ1) is 10.1. The molecule has 1 aromatic heterocycles. The van der Waals surface area contributed by atoms with E-state index in [9.17, 15) is 4.79 Å². The number of urea groups is 1. The van der Waals surface area contributed by atoms with Crippen molar-refractivity contribution in [2.45, 2.75) is 57.4 Å². The van der Waals surface area contributed by atoms with E-state index in [-0.39, 0.29) is 6.03 Å². The van der Waals surface area contributed by atoms with Gasteiger partial charge in [-0.05, 0) is 31.9 Å². The number of hydrogen-bond donors (Lipinski definition) is 1. The van der Waals surface area contributed by atoms with Crippen molar-refractivity contribution >= 4 is 29.1 Å². The Morgan fingerprint density at radius 3 is 3.05 bits per heavy atom. The smallest absolute Gasteiger partial charge is 0.317 e. The number of nitrogens with zero attached hydrogens (tertiary/aromatic N) is 2. The average Bonchev–Trinajstić information content (AvgIpc) is 2.85. The van der Waals surface area contributed by atoms with Crippen LogP contribution in [-0.2, 0) is 6.54 Å². The molecule has 0 aromatic carbocycles. The molecule has 1 aliphatic rings. The van der Waals surface area contributed by atoms with E-state index in [1.54, 1.807) is 16.2 Å². The Kier molecular flexibility index (Phi) is 6.36. The van der Waals surface area contributed by atoms with Gasteiger partial charge in [0, 0.05) is 23.7 Å². The molecule has 0 radical (unpaired) electrons. The van der Waals surface area contributed by atoms with Crippen LogP contribution in [0.25, 0.3) is 0 Å². The molecular formula is C15H25N3OS2. The maximum atomic E-state index is 12.3. The largest absolute Gasteiger partial charge is 0.335 e. The number of aromatic nitrogens is 1. The van der Waals surface area contributed by atoms with Crippen molar-refractivity contribution in [1.29, 1.82) is 0 Å². The van der Waals surface area contributed by atoms with Crippen LogP contribution in [0.15, 0.2) is 5.38 Å². The van der Waals surface area contributed by atoms with E-state index < -0.39 is 0 Å². The van der Waals surface area contributed by atoms with Crippen LogP contribution < -0.4 is 5.32 Å². The highest BCUT2D eigenvalue weighted by Gasteiger charge is 2.24. The van der Waals surface area contributed by atoms with Gasteiger partial charge in [-0.15, -0.1) is 11.3 Å². The fourth-order valence-corrected chi connectivity index (χ4v) is 4.52. The Morgan fingerprint density at radius 2 is 2.38 bits per heavy atom. The molecule has 2 rings (SSSR count). The van der Waals surface area contributed by atoms with Gasteiger partial charge in [-0.2, -0.15) is 11.8 Å². The zero-order valence-corrected chi connectivity index (χ0v) is 14.7. The summed E-state index contributed by atoms with van der Waals surface area (Å²) in [5.41, 5.74) is 0.971. The number of nitrogens with one attached hydrogen (secondary N) is 1. The van der Waals surface area contributed by atoms with E-state index in [4.69, 9.17) is 0 Å². The lowest BCUT2D eigenvalue weighted by molar-refractivity contribution is 0.198. The standard InChI is InChI=1S/C15H25N3OS2/c1-4-20-14-7-5-6-12(8-14)17-15(19)18(3)9-13-10-21-11(2)16-13/h10,12,14H,4-9H2,1-3H3,(H,17,19)/t12-,14+/m0/s1. The molecule has 21 heavy (non-hydrogen) atoms. The van der Waals surface area contributed by atoms with Crippen molar-refractivity contribution in [3.8, 4) is 0 Å². The van der Waals surface area contributed by atoms with Gasteiger partial charge < -0.3 is 10.2 Å². The third-order valence-corrected chi connectivity index (χ3v) is 5.82. The van der Waals surface area contributed by atoms with Crippen molar-refractivity contribution < 1.29 is 4.79 Å².